The number of carbonyl (C=O) groups is 2. The van der Waals surface area contributed by atoms with Crippen molar-refractivity contribution >= 4 is 17.5 Å². The molecule has 2 aromatic carbocycles. The lowest BCUT2D eigenvalue weighted by atomic mass is 9.91. The van der Waals surface area contributed by atoms with Gasteiger partial charge in [0.15, 0.2) is 13.1 Å². The van der Waals surface area contributed by atoms with Crippen LogP contribution in [-0.2, 0) is 9.59 Å². The number of nitrogens with zero attached hydrogens (tertiary/aromatic N) is 2. The minimum Gasteiger partial charge on any atom is -0.344 e. The summed E-state index contributed by atoms with van der Waals surface area (Å²) < 4.78 is 0.484. The number of quaternary nitrogens is 1. The van der Waals surface area contributed by atoms with Gasteiger partial charge in [-0.15, -0.1) is 0 Å². The van der Waals surface area contributed by atoms with Crippen molar-refractivity contribution in [3.63, 3.8) is 0 Å². The van der Waals surface area contributed by atoms with Gasteiger partial charge in [-0.3, -0.25) is 9.59 Å². The first-order chi connectivity index (χ1) is 14.3. The maximum Gasteiger partial charge on any atom is 0.279 e. The zero-order valence-corrected chi connectivity index (χ0v) is 18.6. The lowest BCUT2D eigenvalue weighted by molar-refractivity contribution is -0.948. The average molecular weight is 409 g/mol. The molecule has 0 bridgehead atoms. The second-order valence-electron chi connectivity index (χ2n) is 8.78. The van der Waals surface area contributed by atoms with E-state index in [0.29, 0.717) is 17.6 Å². The summed E-state index contributed by atoms with van der Waals surface area (Å²) >= 11 is 0. The van der Waals surface area contributed by atoms with Crippen molar-refractivity contribution < 1.29 is 14.1 Å². The third kappa shape index (κ3) is 4.90. The summed E-state index contributed by atoms with van der Waals surface area (Å²) in [6, 6.07) is 16.5. The number of amides is 2. The summed E-state index contributed by atoms with van der Waals surface area (Å²) in [5.74, 6) is 0.0412. The lowest BCUT2D eigenvalue weighted by Crippen LogP contribution is -2.60. The molecular formula is C25H34N3O2+. The molecule has 1 heterocycles. The number of para-hydroxylation sites is 1. The highest BCUT2D eigenvalue weighted by molar-refractivity contribution is 5.93. The molecule has 1 saturated heterocycles. The summed E-state index contributed by atoms with van der Waals surface area (Å²) in [6.07, 6.45) is 3.14. The Morgan fingerprint density at radius 1 is 0.967 bits per heavy atom. The predicted molar refractivity (Wildman–Crippen MR) is 121 cm³/mol. The van der Waals surface area contributed by atoms with Gasteiger partial charge in [-0.25, -0.2) is 0 Å². The number of benzene rings is 2. The van der Waals surface area contributed by atoms with Crippen LogP contribution in [-0.4, -0.2) is 54.9 Å². The fraction of sp³-hybridized carbons (Fsp3) is 0.440. The van der Waals surface area contributed by atoms with Crippen LogP contribution in [0.15, 0.2) is 48.5 Å². The number of rotatable bonds is 6. The quantitative estimate of drug-likeness (QED) is 0.733. The van der Waals surface area contributed by atoms with Crippen molar-refractivity contribution in [1.29, 1.82) is 0 Å². The van der Waals surface area contributed by atoms with Crippen molar-refractivity contribution in [3.05, 3.63) is 65.2 Å². The van der Waals surface area contributed by atoms with Gasteiger partial charge in [0.25, 0.3) is 11.8 Å². The number of nitrogens with one attached hydrogen (secondary N) is 1. The van der Waals surface area contributed by atoms with E-state index in [1.165, 1.54) is 5.56 Å². The van der Waals surface area contributed by atoms with Gasteiger partial charge >= 0.3 is 0 Å². The van der Waals surface area contributed by atoms with Crippen LogP contribution in [0.3, 0.4) is 0 Å². The van der Waals surface area contributed by atoms with Crippen LogP contribution < -0.4 is 5.32 Å². The van der Waals surface area contributed by atoms with Crippen LogP contribution in [0.2, 0.25) is 0 Å². The normalized spacial score (nSPS) is 21.1. The molecule has 2 amide bonds. The average Bonchev–Trinajstić information content (AvgIpc) is 2.71. The van der Waals surface area contributed by atoms with Gasteiger partial charge < -0.3 is 14.7 Å². The van der Waals surface area contributed by atoms with E-state index in [1.54, 1.807) is 19.0 Å². The molecule has 1 fully saturated rings. The molecule has 1 aliphatic rings. The Bertz CT molecular complexity index is 874. The summed E-state index contributed by atoms with van der Waals surface area (Å²) in [4.78, 5) is 27.7. The predicted octanol–water partition coefficient (Wildman–Crippen LogP) is 4.07. The first-order valence-electron chi connectivity index (χ1n) is 10.8. The van der Waals surface area contributed by atoms with E-state index in [-0.39, 0.29) is 17.9 Å². The number of carbonyl (C=O) groups excluding carboxylic acids is 2. The topological polar surface area (TPSA) is 49.4 Å². The summed E-state index contributed by atoms with van der Waals surface area (Å²) in [5, 5.41) is 3.15. The molecule has 0 spiro atoms. The molecule has 2 unspecified atom stereocenters. The standard InChI is InChI=1S/C25H33N3O2/c1-19-11-10-12-20(2)25(19)26-23(29)17-28(18-24(30)27(3)4)16-9-8-15-22(28)21-13-6-5-7-14-21/h5-7,10-14,22H,8-9,15-18H2,1-4H3/p+1. The number of likely N-dealkylation sites (tertiary alicyclic amines) is 1. The minimum atomic E-state index is -0.0261. The van der Waals surface area contributed by atoms with Gasteiger partial charge in [-0.2, -0.15) is 0 Å². The monoisotopic (exact) mass is 408 g/mol. The van der Waals surface area contributed by atoms with Gasteiger partial charge in [0, 0.05) is 31.8 Å². The van der Waals surface area contributed by atoms with Crippen LogP contribution in [0.4, 0.5) is 5.69 Å². The van der Waals surface area contributed by atoms with Crippen LogP contribution in [0.5, 0.6) is 0 Å². The third-order valence-electron chi connectivity index (χ3n) is 6.33. The number of piperidine rings is 1. The summed E-state index contributed by atoms with van der Waals surface area (Å²) in [7, 11) is 3.58. The number of aryl methyl sites for hydroxylation is 2. The first kappa shape index (κ1) is 22.0. The molecule has 5 heteroatoms. The summed E-state index contributed by atoms with van der Waals surface area (Å²) in [6.45, 7) is 5.49. The first-order valence-corrected chi connectivity index (χ1v) is 10.8. The number of likely N-dealkylation sites (N-methyl/N-ethyl adjacent to an activating group) is 1. The smallest absolute Gasteiger partial charge is 0.279 e. The molecule has 3 rings (SSSR count). The Balaban J connectivity index is 1.93. The van der Waals surface area contributed by atoms with Crippen molar-refractivity contribution in [1.82, 2.24) is 4.90 Å². The Hall–Kier alpha value is -2.66. The molecule has 5 nitrogen and oxygen atoms in total. The van der Waals surface area contributed by atoms with E-state index in [0.717, 1.165) is 42.6 Å². The molecule has 0 radical (unpaired) electrons. The Morgan fingerprint density at radius 2 is 1.63 bits per heavy atom. The second kappa shape index (κ2) is 9.43. The van der Waals surface area contributed by atoms with Crippen molar-refractivity contribution in [2.45, 2.75) is 39.2 Å². The molecule has 0 aromatic heterocycles. The molecule has 0 saturated carbocycles. The van der Waals surface area contributed by atoms with Gasteiger partial charge in [0.05, 0.1) is 6.54 Å². The highest BCUT2D eigenvalue weighted by Gasteiger charge is 2.44. The van der Waals surface area contributed by atoms with Crippen molar-refractivity contribution in [2.24, 2.45) is 0 Å². The van der Waals surface area contributed by atoms with Gasteiger partial charge in [-0.05, 0) is 37.8 Å². The Morgan fingerprint density at radius 3 is 2.27 bits per heavy atom. The number of hydrogen-bond acceptors (Lipinski definition) is 2. The Kier molecular flexibility index (Phi) is 6.93. The SMILES string of the molecule is Cc1cccc(C)c1NC(=O)C[N+]1(CC(=O)N(C)C)CCCCC1c1ccccc1. The molecule has 2 aromatic rings. The van der Waals surface area contributed by atoms with Crippen LogP contribution in [0.1, 0.15) is 42.0 Å². The molecule has 1 N–H and O–H groups in total. The van der Waals surface area contributed by atoms with E-state index < -0.39 is 0 Å². The van der Waals surface area contributed by atoms with Crippen LogP contribution >= 0.6 is 0 Å². The van der Waals surface area contributed by atoms with Crippen molar-refractivity contribution in [3.8, 4) is 0 Å². The molecule has 2 atom stereocenters. The van der Waals surface area contributed by atoms with Crippen LogP contribution in [0.25, 0.3) is 0 Å². The lowest BCUT2D eigenvalue weighted by Gasteiger charge is -2.47. The number of hydrogen-bond donors (Lipinski definition) is 1. The minimum absolute atomic E-state index is 0.0261. The summed E-state index contributed by atoms with van der Waals surface area (Å²) in [5.41, 5.74) is 4.20. The second-order valence-corrected chi connectivity index (χ2v) is 8.78. The van der Waals surface area contributed by atoms with E-state index in [2.05, 4.69) is 17.4 Å². The maximum atomic E-state index is 13.3. The highest BCUT2D eigenvalue weighted by Crippen LogP contribution is 2.38. The fourth-order valence-corrected chi connectivity index (χ4v) is 4.67. The molecule has 0 aliphatic carbocycles. The van der Waals surface area contributed by atoms with E-state index in [9.17, 15) is 9.59 Å². The van der Waals surface area contributed by atoms with Gasteiger partial charge in [-0.1, -0.05) is 48.5 Å². The maximum absolute atomic E-state index is 13.3. The third-order valence-corrected chi connectivity index (χ3v) is 6.33. The zero-order valence-electron chi connectivity index (χ0n) is 18.6. The largest absolute Gasteiger partial charge is 0.344 e. The number of anilines is 1. The van der Waals surface area contributed by atoms with Gasteiger partial charge in [0.1, 0.15) is 6.04 Å². The van der Waals surface area contributed by atoms with Crippen LogP contribution in [0, 0.1) is 13.8 Å². The zero-order chi connectivity index (χ0) is 21.7. The van der Waals surface area contributed by atoms with Crippen molar-refractivity contribution in [2.75, 3.05) is 39.0 Å². The highest BCUT2D eigenvalue weighted by atomic mass is 16.2. The van der Waals surface area contributed by atoms with E-state index in [4.69, 9.17) is 0 Å². The Labute approximate surface area is 180 Å². The fourth-order valence-electron chi connectivity index (χ4n) is 4.67. The molecular weight excluding hydrogens is 374 g/mol. The van der Waals surface area contributed by atoms with E-state index >= 15 is 0 Å². The van der Waals surface area contributed by atoms with Gasteiger partial charge in [0.2, 0.25) is 0 Å². The molecule has 160 valence electrons. The molecule has 30 heavy (non-hydrogen) atoms. The molecule has 1 aliphatic heterocycles. The van der Waals surface area contributed by atoms with E-state index in [1.807, 2.05) is 50.2 Å².